The van der Waals surface area contributed by atoms with Crippen molar-refractivity contribution in [3.63, 3.8) is 0 Å². The van der Waals surface area contributed by atoms with Crippen molar-refractivity contribution < 1.29 is 18.3 Å². The minimum Gasteiger partial charge on any atom is -0.496 e. The maximum Gasteiger partial charge on any atom is 0.274 e. The van der Waals surface area contributed by atoms with Gasteiger partial charge in [0.25, 0.3) is 5.92 Å². The van der Waals surface area contributed by atoms with Gasteiger partial charge in [-0.2, -0.15) is 4.99 Å². The molecule has 5 heteroatoms. The van der Waals surface area contributed by atoms with Gasteiger partial charge in [0.05, 0.1) is 18.2 Å². The zero-order valence-corrected chi connectivity index (χ0v) is 10.2. The van der Waals surface area contributed by atoms with Gasteiger partial charge in [-0.1, -0.05) is 12.1 Å². The molecular formula is C13H13F2NO2. The Kier molecular flexibility index (Phi) is 2.95. The Hall–Kier alpha value is -1.74. The highest BCUT2D eigenvalue weighted by molar-refractivity contribution is 5.51. The molecule has 0 saturated heterocycles. The Labute approximate surface area is 103 Å². The lowest BCUT2D eigenvalue weighted by Gasteiger charge is -2.21. The van der Waals surface area contributed by atoms with Crippen LogP contribution in [0.25, 0.3) is 0 Å². The van der Waals surface area contributed by atoms with E-state index in [1.54, 1.807) is 12.1 Å². The molecule has 0 spiro atoms. The van der Waals surface area contributed by atoms with Gasteiger partial charge in [0.1, 0.15) is 5.75 Å². The Balaban J connectivity index is 2.65. The molecular weight excluding hydrogens is 240 g/mol. The van der Waals surface area contributed by atoms with Crippen LogP contribution in [0.2, 0.25) is 0 Å². The van der Waals surface area contributed by atoms with Crippen molar-refractivity contribution in [2.75, 3.05) is 7.11 Å². The molecule has 3 nitrogen and oxygen atoms in total. The molecule has 0 unspecified atom stereocenters. The van der Waals surface area contributed by atoms with Crippen LogP contribution in [0.4, 0.5) is 8.78 Å². The minimum absolute atomic E-state index is 0.118. The van der Waals surface area contributed by atoms with Crippen LogP contribution in [0.5, 0.6) is 5.75 Å². The number of aliphatic imine (C=N–C) groups is 1. The largest absolute Gasteiger partial charge is 0.496 e. The van der Waals surface area contributed by atoms with Crippen LogP contribution in [0.3, 0.4) is 0 Å². The molecule has 0 aliphatic heterocycles. The fourth-order valence-electron chi connectivity index (χ4n) is 2.19. The lowest BCUT2D eigenvalue weighted by atomic mass is 9.94. The normalized spacial score (nSPS) is 16.9. The summed E-state index contributed by atoms with van der Waals surface area (Å²) in [6.45, 7) is 0.815. The van der Waals surface area contributed by atoms with E-state index >= 15 is 0 Å². The van der Waals surface area contributed by atoms with Crippen molar-refractivity contribution in [3.8, 4) is 5.75 Å². The van der Waals surface area contributed by atoms with Gasteiger partial charge >= 0.3 is 0 Å². The topological polar surface area (TPSA) is 38.7 Å². The summed E-state index contributed by atoms with van der Waals surface area (Å²) >= 11 is 0. The second kappa shape index (κ2) is 4.18. The molecule has 1 aromatic rings. The molecule has 0 aromatic heterocycles. The van der Waals surface area contributed by atoms with Crippen molar-refractivity contribution >= 4 is 6.08 Å². The number of alkyl halides is 2. The number of nitrogens with zero attached hydrogens (tertiary/aromatic N) is 1. The van der Waals surface area contributed by atoms with Gasteiger partial charge in [-0.3, -0.25) is 0 Å². The van der Waals surface area contributed by atoms with Crippen molar-refractivity contribution in [1.29, 1.82) is 0 Å². The molecule has 2 rings (SSSR count). The summed E-state index contributed by atoms with van der Waals surface area (Å²) in [5.41, 5.74) is -0.660. The number of methoxy groups -OCH3 is 1. The van der Waals surface area contributed by atoms with Crippen LogP contribution in [0, 0.1) is 0 Å². The third kappa shape index (κ3) is 2.02. The first-order valence-electron chi connectivity index (χ1n) is 5.59. The summed E-state index contributed by atoms with van der Waals surface area (Å²) in [5, 5.41) is 0. The highest BCUT2D eigenvalue weighted by Gasteiger charge is 2.49. The van der Waals surface area contributed by atoms with E-state index in [0.717, 1.165) is 6.92 Å². The molecule has 0 radical (unpaired) electrons. The number of rotatable bonds is 4. The smallest absolute Gasteiger partial charge is 0.274 e. The molecule has 1 saturated carbocycles. The first-order valence-corrected chi connectivity index (χ1v) is 5.59. The molecule has 0 bridgehead atoms. The van der Waals surface area contributed by atoms with Crippen LogP contribution < -0.4 is 4.74 Å². The summed E-state index contributed by atoms with van der Waals surface area (Å²) < 4.78 is 32.5. The zero-order valence-electron chi connectivity index (χ0n) is 10.2. The van der Waals surface area contributed by atoms with Gasteiger partial charge in [-0.05, 0) is 24.5 Å². The third-order valence-electron chi connectivity index (χ3n) is 3.17. The van der Waals surface area contributed by atoms with Gasteiger partial charge in [0, 0.05) is 6.92 Å². The number of hydrogen-bond acceptors (Lipinski definition) is 3. The number of hydrogen-bond donors (Lipinski definition) is 0. The second-order valence-electron chi connectivity index (χ2n) is 4.51. The van der Waals surface area contributed by atoms with E-state index < -0.39 is 11.5 Å². The van der Waals surface area contributed by atoms with Gasteiger partial charge in [0.15, 0.2) is 0 Å². The number of carbonyl (C=O) groups excluding carboxylic acids is 1. The van der Waals surface area contributed by atoms with E-state index in [0.29, 0.717) is 18.4 Å². The predicted molar refractivity (Wildman–Crippen MR) is 61.6 cm³/mol. The average molecular weight is 253 g/mol. The summed E-state index contributed by atoms with van der Waals surface area (Å²) in [6, 6.07) is 4.68. The molecule has 0 N–H and O–H groups in total. The summed E-state index contributed by atoms with van der Waals surface area (Å²) in [5.74, 6) is -2.93. The highest BCUT2D eigenvalue weighted by Crippen LogP contribution is 2.54. The summed E-state index contributed by atoms with van der Waals surface area (Å²) in [6.07, 6.45) is 2.64. The molecule has 96 valence electrons. The van der Waals surface area contributed by atoms with E-state index in [-0.39, 0.29) is 11.3 Å². The molecule has 1 fully saturated rings. The SMILES string of the molecule is COc1cccc(C2(N=C=O)CC2)c1C(C)(F)F. The van der Waals surface area contributed by atoms with Crippen LogP contribution >= 0.6 is 0 Å². The van der Waals surface area contributed by atoms with Crippen LogP contribution in [-0.4, -0.2) is 13.2 Å². The molecule has 18 heavy (non-hydrogen) atoms. The van der Waals surface area contributed by atoms with Crippen LogP contribution in [0.1, 0.15) is 30.9 Å². The fourth-order valence-corrected chi connectivity index (χ4v) is 2.19. The molecule has 1 aliphatic carbocycles. The van der Waals surface area contributed by atoms with Gasteiger partial charge in [-0.25, -0.2) is 13.6 Å². The van der Waals surface area contributed by atoms with Gasteiger partial charge < -0.3 is 4.74 Å². The number of benzene rings is 1. The summed E-state index contributed by atoms with van der Waals surface area (Å²) in [7, 11) is 1.34. The maximum atomic E-state index is 13.7. The Bertz CT molecular complexity index is 512. The quantitative estimate of drug-likeness (QED) is 0.610. The van der Waals surface area contributed by atoms with Crippen molar-refractivity contribution in [1.82, 2.24) is 0 Å². The lowest BCUT2D eigenvalue weighted by molar-refractivity contribution is 0.0136. The lowest BCUT2D eigenvalue weighted by Crippen LogP contribution is -2.17. The predicted octanol–water partition coefficient (Wildman–Crippen LogP) is 3.13. The van der Waals surface area contributed by atoms with Crippen LogP contribution in [-0.2, 0) is 16.3 Å². The first kappa shape index (κ1) is 12.7. The summed E-state index contributed by atoms with van der Waals surface area (Å²) in [4.78, 5) is 14.1. The molecule has 0 atom stereocenters. The number of halogens is 2. The van der Waals surface area contributed by atoms with E-state index in [4.69, 9.17) is 4.74 Å². The number of isocyanates is 1. The first-order chi connectivity index (χ1) is 8.44. The second-order valence-corrected chi connectivity index (χ2v) is 4.51. The number of ether oxygens (including phenoxy) is 1. The highest BCUT2D eigenvalue weighted by atomic mass is 19.3. The molecule has 1 aromatic carbocycles. The third-order valence-corrected chi connectivity index (χ3v) is 3.17. The maximum absolute atomic E-state index is 13.7. The minimum atomic E-state index is -3.05. The van der Waals surface area contributed by atoms with E-state index in [2.05, 4.69) is 4.99 Å². The Morgan fingerprint density at radius 3 is 2.56 bits per heavy atom. The Morgan fingerprint density at radius 1 is 1.44 bits per heavy atom. The van der Waals surface area contributed by atoms with Crippen molar-refractivity contribution in [2.45, 2.75) is 31.2 Å². The Morgan fingerprint density at radius 2 is 2.11 bits per heavy atom. The average Bonchev–Trinajstić information content (AvgIpc) is 3.08. The molecule has 0 amide bonds. The molecule has 1 aliphatic rings. The van der Waals surface area contributed by atoms with Crippen molar-refractivity contribution in [3.05, 3.63) is 29.3 Å². The van der Waals surface area contributed by atoms with E-state index in [1.807, 2.05) is 0 Å². The van der Waals surface area contributed by atoms with Gasteiger partial charge in [-0.15, -0.1) is 0 Å². The van der Waals surface area contributed by atoms with E-state index in [1.165, 1.54) is 19.3 Å². The fraction of sp³-hybridized carbons (Fsp3) is 0.462. The van der Waals surface area contributed by atoms with Gasteiger partial charge in [0.2, 0.25) is 6.08 Å². The molecule has 0 heterocycles. The zero-order chi connectivity index (χ0) is 13.4. The van der Waals surface area contributed by atoms with E-state index in [9.17, 15) is 13.6 Å². The monoisotopic (exact) mass is 253 g/mol. The standard InChI is InChI=1S/C13H13F2NO2/c1-12(14,15)11-9(4-3-5-10(11)18-2)13(6-7-13)16-8-17/h3-5H,6-7H2,1-2H3. The van der Waals surface area contributed by atoms with Crippen molar-refractivity contribution in [2.24, 2.45) is 4.99 Å². The van der Waals surface area contributed by atoms with Crippen LogP contribution in [0.15, 0.2) is 23.2 Å².